The fourth-order valence-corrected chi connectivity index (χ4v) is 2.97. The van der Waals surface area contributed by atoms with Gasteiger partial charge in [0, 0.05) is 50.9 Å². The number of hydrogen-bond donors (Lipinski definition) is 1. The van der Waals surface area contributed by atoms with Gasteiger partial charge in [-0.05, 0) is 6.07 Å². The average molecular weight is 368 g/mol. The second-order valence-corrected chi connectivity index (χ2v) is 6.40. The van der Waals surface area contributed by atoms with E-state index < -0.39 is 6.04 Å². The van der Waals surface area contributed by atoms with Gasteiger partial charge in [-0.1, -0.05) is 18.2 Å². The van der Waals surface area contributed by atoms with Gasteiger partial charge in [0.1, 0.15) is 17.6 Å². The quantitative estimate of drug-likeness (QED) is 0.723. The van der Waals surface area contributed by atoms with Crippen molar-refractivity contribution in [1.29, 1.82) is 0 Å². The molecule has 0 aliphatic rings. The first-order valence-electron chi connectivity index (χ1n) is 8.59. The molecule has 1 unspecified atom stereocenters. The molecule has 2 heterocycles. The highest BCUT2D eigenvalue weighted by Crippen LogP contribution is 2.29. The van der Waals surface area contributed by atoms with Gasteiger partial charge in [0.05, 0.1) is 19.9 Å². The number of benzene rings is 1. The van der Waals surface area contributed by atoms with Crippen LogP contribution in [0, 0.1) is 0 Å². The summed E-state index contributed by atoms with van der Waals surface area (Å²) in [6.07, 6.45) is 7.20. The Morgan fingerprint density at radius 3 is 2.74 bits per heavy atom. The average Bonchev–Trinajstić information content (AvgIpc) is 3.27. The highest BCUT2D eigenvalue weighted by Gasteiger charge is 2.25. The van der Waals surface area contributed by atoms with Crippen LogP contribution in [0.5, 0.6) is 5.75 Å². The van der Waals surface area contributed by atoms with E-state index in [9.17, 15) is 4.79 Å². The van der Waals surface area contributed by atoms with Crippen molar-refractivity contribution >= 4 is 6.03 Å². The Morgan fingerprint density at radius 2 is 2.11 bits per heavy atom. The molecule has 1 atom stereocenters. The maximum atomic E-state index is 12.9. The zero-order valence-electron chi connectivity index (χ0n) is 16.0. The van der Waals surface area contributed by atoms with Crippen molar-refractivity contribution in [3.8, 4) is 5.75 Å². The van der Waals surface area contributed by atoms with Gasteiger partial charge in [-0.3, -0.25) is 4.68 Å². The van der Waals surface area contributed by atoms with Crippen LogP contribution >= 0.6 is 0 Å². The van der Waals surface area contributed by atoms with E-state index in [1.165, 1.54) is 0 Å². The van der Waals surface area contributed by atoms with Crippen molar-refractivity contribution in [2.24, 2.45) is 14.1 Å². The van der Waals surface area contributed by atoms with Crippen LogP contribution in [-0.2, 0) is 20.6 Å². The molecular formula is C19H24N6O2. The van der Waals surface area contributed by atoms with Gasteiger partial charge < -0.3 is 19.5 Å². The van der Waals surface area contributed by atoms with E-state index in [4.69, 9.17) is 4.74 Å². The summed E-state index contributed by atoms with van der Waals surface area (Å²) in [5.41, 5.74) is 1.80. The Kier molecular flexibility index (Phi) is 5.44. The van der Waals surface area contributed by atoms with Gasteiger partial charge in [-0.2, -0.15) is 5.10 Å². The summed E-state index contributed by atoms with van der Waals surface area (Å²) in [5, 5.41) is 7.22. The lowest BCUT2D eigenvalue weighted by atomic mass is 10.0. The molecule has 0 fully saturated rings. The summed E-state index contributed by atoms with van der Waals surface area (Å²) >= 11 is 0. The van der Waals surface area contributed by atoms with Crippen LogP contribution in [0.1, 0.15) is 23.0 Å². The van der Waals surface area contributed by atoms with E-state index in [1.54, 1.807) is 36.1 Å². The molecule has 2 amide bonds. The number of nitrogens with zero attached hydrogens (tertiary/aromatic N) is 5. The zero-order chi connectivity index (χ0) is 19.4. The molecule has 1 N–H and O–H groups in total. The van der Waals surface area contributed by atoms with E-state index in [2.05, 4.69) is 15.4 Å². The van der Waals surface area contributed by atoms with Gasteiger partial charge in [0.15, 0.2) is 0 Å². The summed E-state index contributed by atoms with van der Waals surface area (Å²) in [5.74, 6) is 1.42. The first kappa shape index (κ1) is 18.5. The Morgan fingerprint density at radius 1 is 1.33 bits per heavy atom. The van der Waals surface area contributed by atoms with Gasteiger partial charge in [-0.15, -0.1) is 0 Å². The van der Waals surface area contributed by atoms with Crippen LogP contribution in [0.3, 0.4) is 0 Å². The number of nitrogens with one attached hydrogen (secondary N) is 1. The number of imidazole rings is 1. The molecule has 3 rings (SSSR count). The minimum absolute atomic E-state index is 0.210. The number of amides is 2. The molecule has 0 radical (unpaired) electrons. The monoisotopic (exact) mass is 368 g/mol. The van der Waals surface area contributed by atoms with E-state index in [0.717, 1.165) is 17.0 Å². The third kappa shape index (κ3) is 4.11. The van der Waals surface area contributed by atoms with E-state index in [0.29, 0.717) is 12.3 Å². The van der Waals surface area contributed by atoms with Crippen LogP contribution < -0.4 is 10.1 Å². The van der Waals surface area contributed by atoms with Crippen LogP contribution in [-0.4, -0.2) is 44.4 Å². The van der Waals surface area contributed by atoms with Crippen LogP contribution in [0.15, 0.2) is 49.1 Å². The topological polar surface area (TPSA) is 77.2 Å². The number of aromatic nitrogens is 4. The molecular weight excluding hydrogens is 344 g/mol. The lowest BCUT2D eigenvalue weighted by molar-refractivity contribution is 0.203. The van der Waals surface area contributed by atoms with Crippen LogP contribution in [0.4, 0.5) is 4.79 Å². The first-order valence-corrected chi connectivity index (χ1v) is 8.59. The molecule has 0 bridgehead atoms. The maximum absolute atomic E-state index is 12.9. The third-order valence-corrected chi connectivity index (χ3v) is 4.36. The molecule has 0 spiro atoms. The van der Waals surface area contributed by atoms with Crippen molar-refractivity contribution in [2.45, 2.75) is 12.6 Å². The van der Waals surface area contributed by atoms with Gasteiger partial charge in [-0.25, -0.2) is 9.78 Å². The van der Waals surface area contributed by atoms with Crippen molar-refractivity contribution in [2.75, 3.05) is 14.2 Å². The third-order valence-electron chi connectivity index (χ3n) is 4.36. The second-order valence-electron chi connectivity index (χ2n) is 6.40. The molecule has 3 aromatic rings. The summed E-state index contributed by atoms with van der Waals surface area (Å²) in [6.45, 7) is 0.457. The predicted molar refractivity (Wildman–Crippen MR) is 101 cm³/mol. The van der Waals surface area contributed by atoms with E-state index >= 15 is 0 Å². The van der Waals surface area contributed by atoms with Crippen molar-refractivity contribution in [3.05, 3.63) is 66.0 Å². The van der Waals surface area contributed by atoms with Gasteiger partial charge in [0.25, 0.3) is 0 Å². The molecule has 0 aliphatic carbocycles. The SMILES string of the molecule is COc1ccccc1C(NC(=O)N(C)Cc1cnn(C)c1)c1nccn1C. The summed E-state index contributed by atoms with van der Waals surface area (Å²) in [7, 11) is 7.11. The number of aryl methyl sites for hydroxylation is 2. The smallest absolute Gasteiger partial charge is 0.318 e. The lowest BCUT2D eigenvalue weighted by Gasteiger charge is -2.24. The molecule has 8 heteroatoms. The summed E-state index contributed by atoms with van der Waals surface area (Å²) in [4.78, 5) is 18.9. The highest BCUT2D eigenvalue weighted by atomic mass is 16.5. The Balaban J connectivity index is 1.85. The van der Waals surface area contributed by atoms with Crippen LogP contribution in [0.25, 0.3) is 0 Å². The summed E-state index contributed by atoms with van der Waals surface area (Å²) < 4.78 is 9.09. The van der Waals surface area contributed by atoms with E-state index in [1.807, 2.05) is 55.3 Å². The fraction of sp³-hybridized carbons (Fsp3) is 0.316. The molecule has 27 heavy (non-hydrogen) atoms. The number of rotatable bonds is 6. The number of para-hydroxylation sites is 1. The zero-order valence-corrected chi connectivity index (χ0v) is 16.0. The Bertz CT molecular complexity index is 916. The molecule has 0 saturated carbocycles. The molecule has 0 saturated heterocycles. The fourth-order valence-electron chi connectivity index (χ4n) is 2.97. The standard InChI is InChI=1S/C19H24N6O2/c1-23-10-9-20-18(23)17(15-7-5-6-8-16(15)27-4)22-19(26)24(2)12-14-11-21-25(3)13-14/h5-11,13,17H,12H2,1-4H3,(H,22,26). The Hall–Kier alpha value is -3.29. The molecule has 8 nitrogen and oxygen atoms in total. The number of hydrogen-bond acceptors (Lipinski definition) is 4. The highest BCUT2D eigenvalue weighted by molar-refractivity contribution is 5.75. The Labute approximate surface area is 158 Å². The van der Waals surface area contributed by atoms with E-state index in [-0.39, 0.29) is 6.03 Å². The minimum Gasteiger partial charge on any atom is -0.496 e. The normalized spacial score (nSPS) is 11.9. The number of ether oxygens (including phenoxy) is 1. The van der Waals surface area contributed by atoms with Crippen molar-refractivity contribution in [1.82, 2.24) is 29.5 Å². The number of carbonyl (C=O) groups is 1. The minimum atomic E-state index is -0.440. The lowest BCUT2D eigenvalue weighted by Crippen LogP contribution is -2.40. The largest absolute Gasteiger partial charge is 0.496 e. The van der Waals surface area contributed by atoms with Crippen LogP contribution in [0.2, 0.25) is 0 Å². The number of urea groups is 1. The first-order chi connectivity index (χ1) is 13.0. The maximum Gasteiger partial charge on any atom is 0.318 e. The molecule has 2 aromatic heterocycles. The number of methoxy groups -OCH3 is 1. The molecule has 1 aromatic carbocycles. The molecule has 142 valence electrons. The second kappa shape index (κ2) is 7.94. The van der Waals surface area contributed by atoms with Gasteiger partial charge >= 0.3 is 6.03 Å². The van der Waals surface area contributed by atoms with Crippen molar-refractivity contribution < 1.29 is 9.53 Å². The van der Waals surface area contributed by atoms with Gasteiger partial charge in [0.2, 0.25) is 0 Å². The molecule has 0 aliphatic heterocycles. The predicted octanol–water partition coefficient (Wildman–Crippen LogP) is 2.09. The number of carbonyl (C=O) groups excluding carboxylic acids is 1. The van der Waals surface area contributed by atoms with Crippen molar-refractivity contribution in [3.63, 3.8) is 0 Å². The summed E-state index contributed by atoms with van der Waals surface area (Å²) in [6, 6.07) is 6.96.